The van der Waals surface area contributed by atoms with E-state index >= 15 is 0 Å². The number of hydrogen-bond donors (Lipinski definition) is 1. The topological polar surface area (TPSA) is 76.7 Å². The van der Waals surface area contributed by atoms with Crippen molar-refractivity contribution in [1.82, 2.24) is 0 Å². The van der Waals surface area contributed by atoms with E-state index in [1.807, 2.05) is 6.07 Å². The molecule has 1 atom stereocenters. The van der Waals surface area contributed by atoms with E-state index in [0.717, 1.165) is 24.8 Å². The Morgan fingerprint density at radius 1 is 1.26 bits per heavy atom. The van der Waals surface area contributed by atoms with E-state index in [4.69, 9.17) is 5.26 Å². The van der Waals surface area contributed by atoms with Crippen LogP contribution < -0.4 is 5.32 Å². The first-order valence-electron chi connectivity index (χ1n) is 7.48. The number of fused-ring (bicyclic) bond motifs is 1. The van der Waals surface area contributed by atoms with Crippen molar-refractivity contribution in [3.05, 3.63) is 51.4 Å². The van der Waals surface area contributed by atoms with Gasteiger partial charge in [0.1, 0.15) is 11.1 Å². The molecular formula is C18H15N3OS. The van der Waals surface area contributed by atoms with Crippen LogP contribution in [0.4, 0.5) is 5.00 Å². The highest BCUT2D eigenvalue weighted by atomic mass is 32.1. The minimum absolute atomic E-state index is 0.252. The van der Waals surface area contributed by atoms with E-state index in [1.165, 1.54) is 16.2 Å². The van der Waals surface area contributed by atoms with Crippen molar-refractivity contribution >= 4 is 22.2 Å². The van der Waals surface area contributed by atoms with Crippen LogP contribution in [0.15, 0.2) is 24.3 Å². The molecular weight excluding hydrogens is 306 g/mol. The Bertz CT molecular complexity index is 837. The predicted octanol–water partition coefficient (Wildman–Crippen LogP) is 3.87. The Labute approximate surface area is 139 Å². The second kappa shape index (κ2) is 6.24. The van der Waals surface area contributed by atoms with Gasteiger partial charge in [0.15, 0.2) is 0 Å². The predicted molar refractivity (Wildman–Crippen MR) is 89.3 cm³/mol. The second-order valence-corrected chi connectivity index (χ2v) is 6.92. The van der Waals surface area contributed by atoms with E-state index in [2.05, 4.69) is 18.3 Å². The van der Waals surface area contributed by atoms with Crippen LogP contribution in [0.2, 0.25) is 0 Å². The van der Waals surface area contributed by atoms with Gasteiger partial charge in [0.2, 0.25) is 0 Å². The average molecular weight is 321 g/mol. The SMILES string of the molecule is CC1CCc2sc(NC(=O)c3ccc(C#N)cc3)c(C#N)c2C1. The highest BCUT2D eigenvalue weighted by molar-refractivity contribution is 7.16. The maximum absolute atomic E-state index is 12.4. The molecule has 1 N–H and O–H groups in total. The van der Waals surface area contributed by atoms with Crippen LogP contribution in [0, 0.1) is 28.6 Å². The minimum Gasteiger partial charge on any atom is -0.312 e. The number of nitrogens with one attached hydrogen (secondary N) is 1. The Morgan fingerprint density at radius 2 is 2.00 bits per heavy atom. The third-order valence-electron chi connectivity index (χ3n) is 4.12. The average Bonchev–Trinajstić information content (AvgIpc) is 2.91. The molecule has 0 saturated carbocycles. The molecule has 1 unspecified atom stereocenters. The standard InChI is InChI=1S/C18H15N3OS/c1-11-2-7-16-14(8-11)15(10-20)18(23-16)21-17(22)13-5-3-12(9-19)4-6-13/h3-6,11H,2,7-8H2,1H3,(H,21,22). The summed E-state index contributed by atoms with van der Waals surface area (Å²) >= 11 is 1.51. The van der Waals surface area contributed by atoms with Gasteiger partial charge in [0, 0.05) is 10.4 Å². The number of benzene rings is 1. The molecule has 0 fully saturated rings. The van der Waals surface area contributed by atoms with E-state index in [9.17, 15) is 10.1 Å². The summed E-state index contributed by atoms with van der Waals surface area (Å²) < 4.78 is 0. The number of aryl methyl sites for hydroxylation is 1. The molecule has 2 aromatic rings. The van der Waals surface area contributed by atoms with Gasteiger partial charge < -0.3 is 5.32 Å². The maximum atomic E-state index is 12.4. The van der Waals surface area contributed by atoms with Gasteiger partial charge in [-0.15, -0.1) is 11.3 Å². The van der Waals surface area contributed by atoms with E-state index in [0.29, 0.717) is 27.6 Å². The molecule has 1 aromatic heterocycles. The molecule has 1 heterocycles. The van der Waals surface area contributed by atoms with E-state index < -0.39 is 0 Å². The Kier molecular flexibility index (Phi) is 4.14. The number of hydrogen-bond acceptors (Lipinski definition) is 4. The lowest BCUT2D eigenvalue weighted by molar-refractivity contribution is 0.102. The van der Waals surface area contributed by atoms with Gasteiger partial charge in [0.05, 0.1) is 17.2 Å². The first-order chi connectivity index (χ1) is 11.1. The Hall–Kier alpha value is -2.63. The lowest BCUT2D eigenvalue weighted by Gasteiger charge is -2.17. The van der Waals surface area contributed by atoms with Gasteiger partial charge in [-0.1, -0.05) is 6.92 Å². The Balaban J connectivity index is 1.86. The molecule has 0 radical (unpaired) electrons. The molecule has 1 aliphatic rings. The zero-order chi connectivity index (χ0) is 16.4. The van der Waals surface area contributed by atoms with Crippen LogP contribution >= 0.6 is 11.3 Å². The number of carbonyl (C=O) groups is 1. The number of rotatable bonds is 2. The summed E-state index contributed by atoms with van der Waals surface area (Å²) in [7, 11) is 0. The maximum Gasteiger partial charge on any atom is 0.256 e. The fraction of sp³-hybridized carbons (Fsp3) is 0.278. The molecule has 114 valence electrons. The molecule has 4 nitrogen and oxygen atoms in total. The number of carbonyl (C=O) groups excluding carboxylic acids is 1. The summed E-state index contributed by atoms with van der Waals surface area (Å²) in [5.74, 6) is 0.323. The number of nitrogens with zero attached hydrogens (tertiary/aromatic N) is 2. The van der Waals surface area contributed by atoms with Crippen LogP contribution in [0.25, 0.3) is 0 Å². The molecule has 0 saturated heterocycles. The monoisotopic (exact) mass is 321 g/mol. The lowest BCUT2D eigenvalue weighted by Crippen LogP contribution is -2.12. The fourth-order valence-electron chi connectivity index (χ4n) is 2.84. The van der Waals surface area contributed by atoms with Crippen LogP contribution in [-0.4, -0.2) is 5.91 Å². The molecule has 3 rings (SSSR count). The van der Waals surface area contributed by atoms with Gasteiger partial charge >= 0.3 is 0 Å². The molecule has 23 heavy (non-hydrogen) atoms. The number of amides is 1. The van der Waals surface area contributed by atoms with E-state index in [-0.39, 0.29) is 5.91 Å². The molecule has 0 spiro atoms. The van der Waals surface area contributed by atoms with Gasteiger partial charge in [-0.2, -0.15) is 10.5 Å². The molecule has 0 aliphatic heterocycles. The van der Waals surface area contributed by atoms with Crippen LogP contribution in [0.1, 0.15) is 45.3 Å². The highest BCUT2D eigenvalue weighted by Crippen LogP contribution is 2.39. The van der Waals surface area contributed by atoms with Gasteiger partial charge in [-0.3, -0.25) is 4.79 Å². The molecule has 1 amide bonds. The molecule has 1 aromatic carbocycles. The lowest BCUT2D eigenvalue weighted by atomic mass is 9.88. The van der Waals surface area contributed by atoms with Crippen molar-refractivity contribution in [3.63, 3.8) is 0 Å². The van der Waals surface area contributed by atoms with Crippen LogP contribution in [0.3, 0.4) is 0 Å². The van der Waals surface area contributed by atoms with Gasteiger partial charge in [0.25, 0.3) is 5.91 Å². The molecule has 5 heteroatoms. The summed E-state index contributed by atoms with van der Waals surface area (Å²) in [6.45, 7) is 2.19. The van der Waals surface area contributed by atoms with Gasteiger partial charge in [-0.05, 0) is 55.0 Å². The van der Waals surface area contributed by atoms with Gasteiger partial charge in [-0.25, -0.2) is 0 Å². The number of thiophene rings is 1. The number of anilines is 1. The van der Waals surface area contributed by atoms with Crippen molar-refractivity contribution < 1.29 is 4.79 Å². The van der Waals surface area contributed by atoms with Crippen LogP contribution in [-0.2, 0) is 12.8 Å². The van der Waals surface area contributed by atoms with Crippen molar-refractivity contribution in [1.29, 1.82) is 10.5 Å². The minimum atomic E-state index is -0.252. The second-order valence-electron chi connectivity index (χ2n) is 5.81. The summed E-state index contributed by atoms with van der Waals surface area (Å²) in [4.78, 5) is 13.6. The van der Waals surface area contributed by atoms with Crippen molar-refractivity contribution in [2.24, 2.45) is 5.92 Å². The zero-order valence-corrected chi connectivity index (χ0v) is 13.5. The van der Waals surface area contributed by atoms with Crippen LogP contribution in [0.5, 0.6) is 0 Å². The first kappa shape index (κ1) is 15.3. The third kappa shape index (κ3) is 2.97. The van der Waals surface area contributed by atoms with Crippen molar-refractivity contribution in [2.45, 2.75) is 26.2 Å². The normalized spacial score (nSPS) is 16.0. The number of nitriles is 2. The van der Waals surface area contributed by atoms with Crippen molar-refractivity contribution in [3.8, 4) is 12.1 Å². The first-order valence-corrected chi connectivity index (χ1v) is 8.30. The summed E-state index contributed by atoms with van der Waals surface area (Å²) in [6.07, 6.45) is 3.01. The summed E-state index contributed by atoms with van der Waals surface area (Å²) in [5.41, 5.74) is 2.71. The quantitative estimate of drug-likeness (QED) is 0.912. The summed E-state index contributed by atoms with van der Waals surface area (Å²) in [6, 6.07) is 10.7. The smallest absolute Gasteiger partial charge is 0.256 e. The highest BCUT2D eigenvalue weighted by Gasteiger charge is 2.24. The largest absolute Gasteiger partial charge is 0.312 e. The van der Waals surface area contributed by atoms with Crippen molar-refractivity contribution in [2.75, 3.05) is 5.32 Å². The van der Waals surface area contributed by atoms with E-state index in [1.54, 1.807) is 24.3 Å². The molecule has 1 aliphatic carbocycles. The summed E-state index contributed by atoms with van der Waals surface area (Å²) in [5, 5.41) is 21.8. The fourth-order valence-corrected chi connectivity index (χ4v) is 4.03. The zero-order valence-electron chi connectivity index (χ0n) is 12.7. The molecule has 0 bridgehead atoms. The Morgan fingerprint density at radius 3 is 2.65 bits per heavy atom. The third-order valence-corrected chi connectivity index (χ3v) is 5.33.